The minimum atomic E-state index is -0.323. The van der Waals surface area contributed by atoms with Crippen LogP contribution in [0, 0.1) is 5.92 Å². The van der Waals surface area contributed by atoms with Gasteiger partial charge in [-0.15, -0.1) is 0 Å². The van der Waals surface area contributed by atoms with Gasteiger partial charge in [0.15, 0.2) is 18.2 Å². The van der Waals surface area contributed by atoms with Gasteiger partial charge in [-0.25, -0.2) is 4.98 Å². The first-order chi connectivity index (χ1) is 18.4. The molecule has 3 aromatic rings. The van der Waals surface area contributed by atoms with Gasteiger partial charge in [0.05, 0.1) is 7.11 Å². The Bertz CT molecular complexity index is 1410. The molecule has 5 heterocycles. The number of pyridine rings is 3. The van der Waals surface area contributed by atoms with E-state index in [1.165, 1.54) is 6.92 Å². The van der Waals surface area contributed by atoms with Crippen LogP contribution in [-0.4, -0.2) is 77.3 Å². The molecule has 2 atom stereocenters. The zero-order valence-corrected chi connectivity index (χ0v) is 21.3. The van der Waals surface area contributed by atoms with Crippen LogP contribution in [0.25, 0.3) is 11.0 Å². The van der Waals surface area contributed by atoms with Crippen molar-refractivity contribution in [2.75, 3.05) is 50.5 Å². The summed E-state index contributed by atoms with van der Waals surface area (Å²) >= 11 is 0. The van der Waals surface area contributed by atoms with E-state index < -0.39 is 0 Å². The van der Waals surface area contributed by atoms with Gasteiger partial charge >= 0.3 is 5.97 Å². The second kappa shape index (κ2) is 11.1. The van der Waals surface area contributed by atoms with Gasteiger partial charge in [0.1, 0.15) is 17.6 Å². The number of aromatic nitrogens is 3. The average molecular weight is 523 g/mol. The number of nitrogens with one attached hydrogen (secondary N) is 2. The van der Waals surface area contributed by atoms with Gasteiger partial charge < -0.3 is 24.8 Å². The lowest BCUT2D eigenvalue weighted by Gasteiger charge is -2.20. The predicted molar refractivity (Wildman–Crippen MR) is 140 cm³/mol. The van der Waals surface area contributed by atoms with Crippen LogP contribution in [0.5, 0.6) is 11.6 Å². The van der Waals surface area contributed by atoms with Crippen LogP contribution < -0.4 is 25.7 Å². The summed E-state index contributed by atoms with van der Waals surface area (Å²) < 4.78 is 17.9. The monoisotopic (exact) mass is 522 g/mol. The number of carbonyl (C=O) groups is 2. The molecule has 2 N–H and O–H groups in total. The molecule has 38 heavy (non-hydrogen) atoms. The fourth-order valence-electron chi connectivity index (χ4n) is 4.88. The number of anilines is 2. The largest absolute Gasteiger partial charge is 0.481 e. The van der Waals surface area contributed by atoms with Crippen molar-refractivity contribution in [3.8, 4) is 11.6 Å². The van der Waals surface area contributed by atoms with E-state index in [1.54, 1.807) is 42.0 Å². The first kappa shape index (κ1) is 25.5. The van der Waals surface area contributed by atoms with E-state index in [0.717, 1.165) is 18.4 Å². The van der Waals surface area contributed by atoms with Crippen molar-refractivity contribution in [2.45, 2.75) is 26.0 Å². The van der Waals surface area contributed by atoms with E-state index in [2.05, 4.69) is 25.5 Å². The van der Waals surface area contributed by atoms with Crippen molar-refractivity contribution in [2.24, 2.45) is 5.92 Å². The van der Waals surface area contributed by atoms with E-state index in [9.17, 15) is 14.4 Å². The maximum atomic E-state index is 12.6. The maximum Gasteiger partial charge on any atom is 0.302 e. The lowest BCUT2D eigenvalue weighted by molar-refractivity contribution is -0.147. The minimum Gasteiger partial charge on any atom is -0.481 e. The summed E-state index contributed by atoms with van der Waals surface area (Å²) in [6.45, 7) is 4.46. The lowest BCUT2D eigenvalue weighted by Crippen LogP contribution is -2.30. The number of carbonyl (C=O) groups excluding carboxylic acids is 2. The van der Waals surface area contributed by atoms with Crippen molar-refractivity contribution in [1.29, 1.82) is 0 Å². The molecule has 0 bridgehead atoms. The third-order valence-electron chi connectivity index (χ3n) is 6.67. The zero-order valence-electron chi connectivity index (χ0n) is 21.3. The Morgan fingerprint density at radius 1 is 1.13 bits per heavy atom. The number of fused-ring (bicyclic) bond motifs is 2. The summed E-state index contributed by atoms with van der Waals surface area (Å²) in [5.41, 5.74) is 0.482. The number of likely N-dealkylation sites (tertiary alicyclic amines) is 1. The number of aryl methyl sites for hydroxylation is 1. The fourth-order valence-corrected chi connectivity index (χ4v) is 4.88. The predicted octanol–water partition coefficient (Wildman–Crippen LogP) is 1.50. The molecule has 0 saturated carbocycles. The standard InChI is InChI=1S/C26H30N6O6/c1-16(33)38-20-14-31(10-3-11-32-24(35)9-5-17-4-8-23(36-2)30-26(17)32)13-18(20)12-27-21-7-6-19-25(28-21)29-22(34)15-37-19/h4-9,18,20H,3,10-15H2,1-2H3,(H2,27,28,29,34)/t18-,20+/m1/s1. The Morgan fingerprint density at radius 3 is 2.79 bits per heavy atom. The zero-order chi connectivity index (χ0) is 26.6. The first-order valence-corrected chi connectivity index (χ1v) is 12.5. The van der Waals surface area contributed by atoms with E-state index >= 15 is 0 Å². The van der Waals surface area contributed by atoms with Gasteiger partial charge in [0.25, 0.3) is 11.5 Å². The Morgan fingerprint density at radius 2 is 1.97 bits per heavy atom. The molecule has 1 saturated heterocycles. The molecular weight excluding hydrogens is 492 g/mol. The summed E-state index contributed by atoms with van der Waals surface area (Å²) in [6.07, 6.45) is 0.448. The molecule has 0 spiro atoms. The molecule has 200 valence electrons. The third kappa shape index (κ3) is 5.70. The molecule has 2 aliphatic heterocycles. The van der Waals surface area contributed by atoms with Crippen LogP contribution in [0.15, 0.2) is 41.2 Å². The van der Waals surface area contributed by atoms with Gasteiger partial charge in [-0.05, 0) is 30.7 Å². The molecule has 2 aliphatic rings. The van der Waals surface area contributed by atoms with E-state index in [-0.39, 0.29) is 36.1 Å². The molecule has 0 unspecified atom stereocenters. The highest BCUT2D eigenvalue weighted by molar-refractivity contribution is 5.94. The summed E-state index contributed by atoms with van der Waals surface area (Å²) in [5, 5.41) is 6.86. The summed E-state index contributed by atoms with van der Waals surface area (Å²) in [4.78, 5) is 47.0. The molecule has 5 rings (SSSR count). The number of esters is 1. The van der Waals surface area contributed by atoms with Crippen molar-refractivity contribution in [3.63, 3.8) is 0 Å². The van der Waals surface area contributed by atoms with Crippen LogP contribution in [-0.2, 0) is 20.9 Å². The minimum absolute atomic E-state index is 0.0245. The van der Waals surface area contributed by atoms with Crippen LogP contribution in [0.3, 0.4) is 0 Å². The van der Waals surface area contributed by atoms with Gasteiger partial charge in [0.2, 0.25) is 5.88 Å². The number of hydrogen-bond acceptors (Lipinski definition) is 10. The van der Waals surface area contributed by atoms with E-state index in [0.29, 0.717) is 55.1 Å². The molecule has 12 heteroatoms. The van der Waals surface area contributed by atoms with E-state index in [4.69, 9.17) is 14.2 Å². The van der Waals surface area contributed by atoms with Crippen molar-refractivity contribution in [1.82, 2.24) is 19.4 Å². The van der Waals surface area contributed by atoms with E-state index in [1.807, 2.05) is 6.07 Å². The van der Waals surface area contributed by atoms with Gasteiger partial charge in [-0.3, -0.25) is 23.9 Å². The number of ether oxygens (including phenoxy) is 3. The van der Waals surface area contributed by atoms with Gasteiger partial charge in [-0.2, -0.15) is 4.98 Å². The molecule has 0 radical (unpaired) electrons. The summed E-state index contributed by atoms with van der Waals surface area (Å²) in [7, 11) is 1.55. The molecule has 0 aliphatic carbocycles. The van der Waals surface area contributed by atoms with Crippen LogP contribution >= 0.6 is 0 Å². The van der Waals surface area contributed by atoms with Crippen molar-refractivity contribution in [3.05, 3.63) is 46.8 Å². The van der Waals surface area contributed by atoms with Crippen molar-refractivity contribution < 1.29 is 23.8 Å². The third-order valence-corrected chi connectivity index (χ3v) is 6.67. The Kier molecular flexibility index (Phi) is 7.40. The molecule has 12 nitrogen and oxygen atoms in total. The normalized spacial score (nSPS) is 18.9. The molecule has 3 aromatic heterocycles. The quantitative estimate of drug-likeness (QED) is 0.398. The number of methoxy groups -OCH3 is 1. The Balaban J connectivity index is 1.21. The van der Waals surface area contributed by atoms with Crippen LogP contribution in [0.4, 0.5) is 11.6 Å². The Hall–Kier alpha value is -4.19. The van der Waals surface area contributed by atoms with Gasteiger partial charge in [-0.1, -0.05) is 0 Å². The number of amides is 1. The molecular formula is C26H30N6O6. The van der Waals surface area contributed by atoms with Crippen LogP contribution in [0.2, 0.25) is 0 Å². The smallest absolute Gasteiger partial charge is 0.302 e. The van der Waals surface area contributed by atoms with Gasteiger partial charge in [0, 0.05) is 63.1 Å². The SMILES string of the molecule is COc1ccc2ccc(=O)n(CCCN3C[C@@H](CNc4ccc5c(n4)NC(=O)CO5)[C@@H](OC(C)=O)C3)c2n1. The second-order valence-corrected chi connectivity index (χ2v) is 9.37. The molecule has 1 fully saturated rings. The highest BCUT2D eigenvalue weighted by Crippen LogP contribution is 2.28. The molecule has 0 aromatic carbocycles. The summed E-state index contributed by atoms with van der Waals surface area (Å²) in [5.74, 6) is 1.42. The highest BCUT2D eigenvalue weighted by atomic mass is 16.5. The van der Waals surface area contributed by atoms with Crippen molar-refractivity contribution >= 4 is 34.5 Å². The Labute approximate surface area is 218 Å². The second-order valence-electron chi connectivity index (χ2n) is 9.37. The number of hydrogen-bond donors (Lipinski definition) is 2. The average Bonchev–Trinajstić information content (AvgIpc) is 3.28. The maximum absolute atomic E-state index is 12.6. The lowest BCUT2D eigenvalue weighted by atomic mass is 10.1. The topological polar surface area (TPSA) is 137 Å². The van der Waals surface area contributed by atoms with Crippen LogP contribution in [0.1, 0.15) is 13.3 Å². The fraction of sp³-hybridized carbons (Fsp3) is 0.423. The summed E-state index contributed by atoms with van der Waals surface area (Å²) in [6, 6.07) is 10.5. The number of rotatable bonds is 9. The highest BCUT2D eigenvalue weighted by Gasteiger charge is 2.34. The number of nitrogens with zero attached hydrogens (tertiary/aromatic N) is 4. The molecule has 1 amide bonds. The first-order valence-electron chi connectivity index (χ1n) is 12.5.